The van der Waals surface area contributed by atoms with Gasteiger partial charge in [-0.3, -0.25) is 9.69 Å². The predicted molar refractivity (Wildman–Crippen MR) is 101 cm³/mol. The van der Waals surface area contributed by atoms with Crippen LogP contribution in [0, 0.1) is 0 Å². The van der Waals surface area contributed by atoms with Crippen LogP contribution in [0.4, 0.5) is 5.82 Å². The molecule has 1 N–H and O–H groups in total. The van der Waals surface area contributed by atoms with Gasteiger partial charge in [-0.05, 0) is 23.6 Å². The molecule has 2 aromatic rings. The predicted octanol–water partition coefficient (Wildman–Crippen LogP) is 2.12. The lowest BCUT2D eigenvalue weighted by Crippen LogP contribution is -2.50. The minimum absolute atomic E-state index is 0.106. The topological polar surface area (TPSA) is 48.5 Å². The molecular formula is C20H26N4O. The number of rotatable bonds is 6. The molecule has 1 aromatic carbocycles. The van der Waals surface area contributed by atoms with Gasteiger partial charge in [0.15, 0.2) is 0 Å². The van der Waals surface area contributed by atoms with E-state index < -0.39 is 0 Å². The molecule has 0 bridgehead atoms. The Kier molecular flexibility index (Phi) is 6.01. The molecule has 1 aliphatic heterocycles. The molecule has 5 heteroatoms. The molecule has 0 spiro atoms. The summed E-state index contributed by atoms with van der Waals surface area (Å²) >= 11 is 0. The molecule has 0 unspecified atom stereocenters. The van der Waals surface area contributed by atoms with Gasteiger partial charge < -0.3 is 10.2 Å². The van der Waals surface area contributed by atoms with Crippen molar-refractivity contribution in [3.63, 3.8) is 0 Å². The van der Waals surface area contributed by atoms with Crippen molar-refractivity contribution < 1.29 is 4.79 Å². The Morgan fingerprint density at radius 1 is 1.08 bits per heavy atom. The fourth-order valence-electron chi connectivity index (χ4n) is 3.10. The van der Waals surface area contributed by atoms with Gasteiger partial charge in [0.05, 0.1) is 6.54 Å². The van der Waals surface area contributed by atoms with Gasteiger partial charge in [0.25, 0.3) is 0 Å². The van der Waals surface area contributed by atoms with Gasteiger partial charge in [-0.15, -0.1) is 0 Å². The second-order valence-electron chi connectivity index (χ2n) is 6.57. The first-order valence-corrected chi connectivity index (χ1v) is 8.92. The molecule has 0 aliphatic carbocycles. The summed E-state index contributed by atoms with van der Waals surface area (Å²) in [5, 5.41) is 3.06. The van der Waals surface area contributed by atoms with Crippen molar-refractivity contribution in [3.8, 4) is 0 Å². The summed E-state index contributed by atoms with van der Waals surface area (Å²) in [6, 6.07) is 16.3. The Morgan fingerprint density at radius 3 is 2.48 bits per heavy atom. The average molecular weight is 338 g/mol. The molecule has 2 heterocycles. The maximum atomic E-state index is 12.2. The minimum Gasteiger partial charge on any atom is -0.354 e. The van der Waals surface area contributed by atoms with Crippen LogP contribution < -0.4 is 10.2 Å². The minimum atomic E-state index is 0.106. The number of nitrogens with one attached hydrogen (secondary N) is 1. The number of amides is 1. The molecule has 1 aromatic heterocycles. The molecular weight excluding hydrogens is 312 g/mol. The number of hydrogen-bond donors (Lipinski definition) is 1. The average Bonchev–Trinajstić information content (AvgIpc) is 2.68. The molecule has 1 amide bonds. The normalized spacial score (nSPS) is 16.4. The van der Waals surface area contributed by atoms with Crippen molar-refractivity contribution >= 4 is 11.7 Å². The SMILES string of the molecule is C[C@@H](CNC(=O)CN1CCN(c2ccccn2)CC1)c1ccccc1. The van der Waals surface area contributed by atoms with E-state index >= 15 is 0 Å². The number of aromatic nitrogens is 1. The Morgan fingerprint density at radius 2 is 1.80 bits per heavy atom. The summed E-state index contributed by atoms with van der Waals surface area (Å²) in [5.74, 6) is 1.45. The first-order valence-electron chi connectivity index (χ1n) is 8.92. The Bertz CT molecular complexity index is 654. The van der Waals surface area contributed by atoms with Crippen LogP contribution in [0.2, 0.25) is 0 Å². The van der Waals surface area contributed by atoms with E-state index in [4.69, 9.17) is 0 Å². The Balaban J connectivity index is 1.39. The third-order valence-corrected chi connectivity index (χ3v) is 4.69. The van der Waals surface area contributed by atoms with E-state index in [1.165, 1.54) is 5.56 Å². The second-order valence-corrected chi connectivity index (χ2v) is 6.57. The molecule has 0 radical (unpaired) electrons. The lowest BCUT2D eigenvalue weighted by Gasteiger charge is -2.35. The fraction of sp³-hybridized carbons (Fsp3) is 0.400. The number of anilines is 1. The van der Waals surface area contributed by atoms with Gasteiger partial charge >= 0.3 is 0 Å². The molecule has 0 saturated carbocycles. The first-order chi connectivity index (χ1) is 12.2. The van der Waals surface area contributed by atoms with Gasteiger partial charge in [0.2, 0.25) is 5.91 Å². The van der Waals surface area contributed by atoms with Crippen LogP contribution in [0.15, 0.2) is 54.7 Å². The van der Waals surface area contributed by atoms with Crippen LogP contribution in [0.1, 0.15) is 18.4 Å². The highest BCUT2D eigenvalue weighted by Gasteiger charge is 2.19. The second kappa shape index (κ2) is 8.62. The number of hydrogen-bond acceptors (Lipinski definition) is 4. The van der Waals surface area contributed by atoms with Crippen LogP contribution in [-0.4, -0.2) is 55.1 Å². The molecule has 132 valence electrons. The molecule has 1 aliphatic rings. The maximum Gasteiger partial charge on any atom is 0.234 e. The number of pyridine rings is 1. The highest BCUT2D eigenvalue weighted by molar-refractivity contribution is 5.78. The monoisotopic (exact) mass is 338 g/mol. The third-order valence-electron chi connectivity index (χ3n) is 4.69. The smallest absolute Gasteiger partial charge is 0.234 e. The van der Waals surface area contributed by atoms with E-state index in [1.54, 1.807) is 0 Å². The lowest BCUT2D eigenvalue weighted by atomic mass is 10.0. The van der Waals surface area contributed by atoms with Crippen molar-refractivity contribution in [1.29, 1.82) is 0 Å². The van der Waals surface area contributed by atoms with Crippen LogP contribution in [0.5, 0.6) is 0 Å². The number of piperazine rings is 1. The van der Waals surface area contributed by atoms with E-state index in [1.807, 2.05) is 42.6 Å². The molecule has 1 atom stereocenters. The van der Waals surface area contributed by atoms with Crippen LogP contribution >= 0.6 is 0 Å². The first kappa shape index (κ1) is 17.4. The Hall–Kier alpha value is -2.40. The van der Waals surface area contributed by atoms with Crippen molar-refractivity contribution in [2.75, 3.05) is 44.2 Å². The molecule has 3 rings (SSSR count). The highest BCUT2D eigenvalue weighted by Crippen LogP contribution is 2.14. The van der Waals surface area contributed by atoms with E-state index in [0.717, 1.165) is 32.0 Å². The summed E-state index contributed by atoms with van der Waals surface area (Å²) in [6.45, 7) is 6.88. The van der Waals surface area contributed by atoms with Crippen molar-refractivity contribution in [2.45, 2.75) is 12.8 Å². The summed E-state index contributed by atoms with van der Waals surface area (Å²) < 4.78 is 0. The van der Waals surface area contributed by atoms with Gasteiger partial charge in [0.1, 0.15) is 5.82 Å². The summed E-state index contributed by atoms with van der Waals surface area (Å²) in [7, 11) is 0. The van der Waals surface area contributed by atoms with Crippen molar-refractivity contribution in [1.82, 2.24) is 15.2 Å². The molecule has 25 heavy (non-hydrogen) atoms. The lowest BCUT2D eigenvalue weighted by molar-refractivity contribution is -0.122. The number of carbonyl (C=O) groups is 1. The molecule has 1 fully saturated rings. The van der Waals surface area contributed by atoms with Crippen molar-refractivity contribution in [2.24, 2.45) is 0 Å². The van der Waals surface area contributed by atoms with Gasteiger partial charge in [-0.25, -0.2) is 4.98 Å². The summed E-state index contributed by atoms with van der Waals surface area (Å²) in [6.07, 6.45) is 1.82. The van der Waals surface area contributed by atoms with E-state index in [2.05, 4.69) is 39.2 Å². The van der Waals surface area contributed by atoms with E-state index in [0.29, 0.717) is 19.0 Å². The van der Waals surface area contributed by atoms with Crippen LogP contribution in [0.25, 0.3) is 0 Å². The molecule has 5 nitrogen and oxygen atoms in total. The standard InChI is InChI=1S/C20H26N4O/c1-17(18-7-3-2-4-8-18)15-22-20(25)16-23-11-13-24(14-12-23)19-9-5-6-10-21-19/h2-10,17H,11-16H2,1H3,(H,22,25)/t17-/m0/s1. The van der Waals surface area contributed by atoms with Gasteiger partial charge in [-0.1, -0.05) is 43.3 Å². The zero-order valence-corrected chi connectivity index (χ0v) is 14.8. The number of nitrogens with zero attached hydrogens (tertiary/aromatic N) is 3. The number of carbonyl (C=O) groups excluding carboxylic acids is 1. The largest absolute Gasteiger partial charge is 0.354 e. The van der Waals surface area contributed by atoms with Crippen LogP contribution in [0.3, 0.4) is 0 Å². The van der Waals surface area contributed by atoms with Gasteiger partial charge in [0, 0.05) is 38.9 Å². The highest BCUT2D eigenvalue weighted by atomic mass is 16.2. The third kappa shape index (κ3) is 5.03. The van der Waals surface area contributed by atoms with E-state index in [9.17, 15) is 4.79 Å². The number of benzene rings is 1. The van der Waals surface area contributed by atoms with Gasteiger partial charge in [-0.2, -0.15) is 0 Å². The van der Waals surface area contributed by atoms with E-state index in [-0.39, 0.29) is 5.91 Å². The zero-order valence-electron chi connectivity index (χ0n) is 14.8. The molecule has 1 saturated heterocycles. The fourth-order valence-corrected chi connectivity index (χ4v) is 3.10. The zero-order chi connectivity index (χ0) is 17.5. The Labute approximate surface area is 149 Å². The summed E-state index contributed by atoms with van der Waals surface area (Å²) in [5.41, 5.74) is 1.26. The van der Waals surface area contributed by atoms with Crippen molar-refractivity contribution in [3.05, 3.63) is 60.3 Å². The summed E-state index contributed by atoms with van der Waals surface area (Å²) in [4.78, 5) is 21.1. The maximum absolute atomic E-state index is 12.2. The van der Waals surface area contributed by atoms with Crippen LogP contribution in [-0.2, 0) is 4.79 Å². The quantitative estimate of drug-likeness (QED) is 0.876.